The summed E-state index contributed by atoms with van der Waals surface area (Å²) in [5.74, 6) is 0. The molecule has 8 rings (SSSR count). The van der Waals surface area contributed by atoms with Gasteiger partial charge < -0.3 is 4.90 Å². The molecule has 3 heteroatoms. The summed E-state index contributed by atoms with van der Waals surface area (Å²) >= 11 is 1.87. The number of thiophene rings is 1. The average Bonchev–Trinajstić information content (AvgIpc) is 3.33. The van der Waals surface area contributed by atoms with E-state index < -0.39 is 0 Å². The molecule has 0 spiro atoms. The lowest BCUT2D eigenvalue weighted by Gasteiger charge is -2.33. The number of benzene rings is 5. The van der Waals surface area contributed by atoms with Crippen LogP contribution in [0.25, 0.3) is 53.3 Å². The highest BCUT2D eigenvalue weighted by molar-refractivity contribution is 7.26. The minimum Gasteiger partial charge on any atom is -0.308 e. The maximum Gasteiger partial charge on any atom is 0.0949 e. The highest BCUT2D eigenvalue weighted by Gasteiger charge is 2.28. The molecule has 0 unspecified atom stereocenters. The zero-order valence-electron chi connectivity index (χ0n) is 19.3. The van der Waals surface area contributed by atoms with Gasteiger partial charge in [-0.25, -0.2) is 0 Å². The zero-order valence-corrected chi connectivity index (χ0v) is 20.2. The molecule has 0 bridgehead atoms. The number of rotatable bonds is 2. The Morgan fingerprint density at radius 2 is 1.33 bits per heavy atom. The van der Waals surface area contributed by atoms with Crippen LogP contribution in [-0.2, 0) is 0 Å². The molecule has 1 aliphatic heterocycles. The first-order valence-electron chi connectivity index (χ1n) is 12.1. The molecule has 5 aromatic carbocycles. The topological polar surface area (TPSA) is 16.1 Å². The fourth-order valence-corrected chi connectivity index (χ4v) is 6.86. The number of anilines is 3. The quantitative estimate of drug-likeness (QED) is 0.247. The third-order valence-electron chi connectivity index (χ3n) is 7.21. The van der Waals surface area contributed by atoms with Crippen molar-refractivity contribution in [3.63, 3.8) is 0 Å². The summed E-state index contributed by atoms with van der Waals surface area (Å²) in [5.41, 5.74) is 8.12. The van der Waals surface area contributed by atoms with Gasteiger partial charge in [-0.1, -0.05) is 72.8 Å². The van der Waals surface area contributed by atoms with Crippen molar-refractivity contribution in [1.82, 2.24) is 4.98 Å². The van der Waals surface area contributed by atoms with Gasteiger partial charge in [-0.15, -0.1) is 11.3 Å². The molecule has 0 N–H and O–H groups in total. The molecule has 36 heavy (non-hydrogen) atoms. The van der Waals surface area contributed by atoms with Crippen LogP contribution < -0.4 is 4.90 Å². The van der Waals surface area contributed by atoms with E-state index in [2.05, 4.69) is 114 Å². The molecule has 7 aromatic rings. The minimum atomic E-state index is 1.03. The maximum atomic E-state index is 4.92. The smallest absolute Gasteiger partial charge is 0.0949 e. The highest BCUT2D eigenvalue weighted by Crippen LogP contribution is 2.53. The van der Waals surface area contributed by atoms with Gasteiger partial charge in [0.1, 0.15) is 0 Å². The standard InChI is InChI=1S/C33H20N2S/c1-2-9-21(10-3-1)22-11-6-12-23(19-22)35-27-15-7-14-25-31(27)26(33-28(35)16-8-18-34-33)20-30-32(25)24-13-4-5-17-29(24)36-30/h1-20H. The van der Waals surface area contributed by atoms with Crippen molar-refractivity contribution >= 4 is 59.3 Å². The summed E-state index contributed by atoms with van der Waals surface area (Å²) < 4.78 is 2.64. The number of nitrogens with zero attached hydrogens (tertiary/aromatic N) is 2. The number of fused-ring (bicyclic) bond motifs is 6. The molecular weight excluding hydrogens is 456 g/mol. The minimum absolute atomic E-state index is 1.03. The third kappa shape index (κ3) is 2.75. The number of hydrogen-bond acceptors (Lipinski definition) is 3. The highest BCUT2D eigenvalue weighted by atomic mass is 32.1. The van der Waals surface area contributed by atoms with E-state index in [1.165, 1.54) is 53.3 Å². The monoisotopic (exact) mass is 476 g/mol. The van der Waals surface area contributed by atoms with E-state index in [-0.39, 0.29) is 0 Å². The lowest BCUT2D eigenvalue weighted by Crippen LogP contribution is -2.15. The van der Waals surface area contributed by atoms with Crippen LogP contribution in [0.15, 0.2) is 121 Å². The molecule has 0 atom stereocenters. The van der Waals surface area contributed by atoms with Gasteiger partial charge in [0.05, 0.1) is 17.1 Å². The van der Waals surface area contributed by atoms with Crippen molar-refractivity contribution in [2.75, 3.05) is 4.90 Å². The summed E-state index contributed by atoms with van der Waals surface area (Å²) in [4.78, 5) is 7.30. The summed E-state index contributed by atoms with van der Waals surface area (Å²) in [6, 6.07) is 41.4. The van der Waals surface area contributed by atoms with Crippen LogP contribution in [0.1, 0.15) is 0 Å². The van der Waals surface area contributed by atoms with Crippen LogP contribution in [-0.4, -0.2) is 4.98 Å². The normalized spacial score (nSPS) is 12.4. The van der Waals surface area contributed by atoms with Gasteiger partial charge in [-0.2, -0.15) is 0 Å². The summed E-state index contributed by atoms with van der Waals surface area (Å²) in [6.45, 7) is 0. The molecule has 3 heterocycles. The van der Waals surface area contributed by atoms with Crippen molar-refractivity contribution in [2.24, 2.45) is 0 Å². The Morgan fingerprint density at radius 1 is 0.556 bits per heavy atom. The summed E-state index contributed by atoms with van der Waals surface area (Å²) in [6.07, 6.45) is 1.91. The Hall–Kier alpha value is -4.47. The number of pyridine rings is 1. The second-order valence-corrected chi connectivity index (χ2v) is 10.3. The van der Waals surface area contributed by atoms with Gasteiger partial charge in [-0.3, -0.25) is 4.98 Å². The van der Waals surface area contributed by atoms with E-state index in [1.54, 1.807) is 0 Å². The molecular formula is C33H20N2S. The van der Waals surface area contributed by atoms with Gasteiger partial charge in [0, 0.05) is 43.0 Å². The Bertz CT molecular complexity index is 1950. The Morgan fingerprint density at radius 3 is 2.28 bits per heavy atom. The van der Waals surface area contributed by atoms with Gasteiger partial charge in [0.25, 0.3) is 0 Å². The first-order valence-corrected chi connectivity index (χ1v) is 13.0. The van der Waals surface area contributed by atoms with Crippen LogP contribution in [0.5, 0.6) is 0 Å². The van der Waals surface area contributed by atoms with Crippen LogP contribution >= 0.6 is 11.3 Å². The molecule has 0 saturated heterocycles. The Balaban J connectivity index is 1.47. The van der Waals surface area contributed by atoms with Crippen LogP contribution in [0.3, 0.4) is 0 Å². The summed E-state index contributed by atoms with van der Waals surface area (Å²) in [5, 5.41) is 5.22. The summed E-state index contributed by atoms with van der Waals surface area (Å²) in [7, 11) is 0. The van der Waals surface area contributed by atoms with Crippen molar-refractivity contribution in [3.05, 3.63) is 121 Å². The molecule has 0 aliphatic carbocycles. The first-order chi connectivity index (χ1) is 17.9. The molecule has 0 amide bonds. The van der Waals surface area contributed by atoms with Crippen molar-refractivity contribution in [2.45, 2.75) is 0 Å². The molecule has 2 nitrogen and oxygen atoms in total. The molecule has 0 saturated carbocycles. The largest absolute Gasteiger partial charge is 0.308 e. The SMILES string of the molecule is c1ccc(-c2cccc(N3c4cccnc4-c4cc5sc6ccccc6c5c5cccc3c45)c2)cc1. The van der Waals surface area contributed by atoms with E-state index >= 15 is 0 Å². The number of aromatic nitrogens is 1. The van der Waals surface area contributed by atoms with Crippen molar-refractivity contribution in [1.29, 1.82) is 0 Å². The maximum absolute atomic E-state index is 4.92. The molecule has 1 aliphatic rings. The lowest BCUT2D eigenvalue weighted by molar-refractivity contribution is 1.23. The molecule has 0 fully saturated rings. The second-order valence-electron chi connectivity index (χ2n) is 9.22. The van der Waals surface area contributed by atoms with Crippen LogP contribution in [0.4, 0.5) is 17.1 Å². The van der Waals surface area contributed by atoms with Gasteiger partial charge in [0.2, 0.25) is 0 Å². The molecule has 2 aromatic heterocycles. The lowest BCUT2D eigenvalue weighted by atomic mass is 9.91. The van der Waals surface area contributed by atoms with Gasteiger partial charge in [-0.05, 0) is 59.0 Å². The van der Waals surface area contributed by atoms with E-state index in [1.807, 2.05) is 23.6 Å². The van der Waals surface area contributed by atoms with Crippen molar-refractivity contribution < 1.29 is 0 Å². The van der Waals surface area contributed by atoms with Crippen molar-refractivity contribution in [3.8, 4) is 22.4 Å². The zero-order chi connectivity index (χ0) is 23.6. The van der Waals surface area contributed by atoms with Gasteiger partial charge >= 0.3 is 0 Å². The van der Waals surface area contributed by atoms with E-state index in [0.717, 1.165) is 17.1 Å². The predicted octanol–water partition coefficient (Wildman–Crippen LogP) is 9.72. The Kier molecular flexibility index (Phi) is 4.13. The van der Waals surface area contributed by atoms with Crippen LogP contribution in [0.2, 0.25) is 0 Å². The fraction of sp³-hybridized carbons (Fsp3) is 0. The second kappa shape index (κ2) is 7.51. The third-order valence-corrected chi connectivity index (χ3v) is 8.33. The Labute approximate surface area is 212 Å². The van der Waals surface area contributed by atoms with E-state index in [9.17, 15) is 0 Å². The first kappa shape index (κ1) is 19.8. The molecule has 0 radical (unpaired) electrons. The number of hydrogen-bond donors (Lipinski definition) is 0. The van der Waals surface area contributed by atoms with Crippen LogP contribution in [0, 0.1) is 0 Å². The van der Waals surface area contributed by atoms with E-state index in [0.29, 0.717) is 0 Å². The van der Waals surface area contributed by atoms with E-state index in [4.69, 9.17) is 4.98 Å². The predicted molar refractivity (Wildman–Crippen MR) is 154 cm³/mol. The average molecular weight is 477 g/mol. The molecule has 168 valence electrons. The van der Waals surface area contributed by atoms with Gasteiger partial charge in [0.15, 0.2) is 0 Å². The fourth-order valence-electron chi connectivity index (χ4n) is 5.70.